The molecule has 1 aromatic rings. The normalized spacial score (nSPS) is 8.83. The van der Waals surface area contributed by atoms with Crippen LogP contribution in [-0.2, 0) is 0 Å². The predicted octanol–water partition coefficient (Wildman–Crippen LogP) is 4.47. The molecule has 0 bridgehead atoms. The average Bonchev–Trinajstić information content (AvgIpc) is 2.05. The molecule has 0 saturated carbocycles. The van der Waals surface area contributed by atoms with Crippen molar-refractivity contribution >= 4 is 23.2 Å². The van der Waals surface area contributed by atoms with Crippen LogP contribution in [0.1, 0.15) is 19.4 Å². The Morgan fingerprint density at radius 2 is 1.58 bits per heavy atom. The summed E-state index contributed by atoms with van der Waals surface area (Å²) in [5.41, 5.74) is 0.698. The minimum atomic E-state index is -0.427. The van der Waals surface area contributed by atoms with Crippen molar-refractivity contribution in [3.05, 3.63) is 33.6 Å². The molecule has 0 saturated heterocycles. The molecule has 0 unspecified atom stereocenters. The predicted molar refractivity (Wildman–Crippen MR) is 52.5 cm³/mol. The third-order valence-electron chi connectivity index (χ3n) is 1.20. The highest BCUT2D eigenvalue weighted by Gasteiger charge is 2.01. The van der Waals surface area contributed by atoms with E-state index in [1.165, 1.54) is 12.1 Å². The maximum atomic E-state index is 12.6. The molecule has 0 aliphatic heterocycles. The van der Waals surface area contributed by atoms with Gasteiger partial charge in [-0.3, -0.25) is 0 Å². The van der Waals surface area contributed by atoms with Gasteiger partial charge >= 0.3 is 0 Å². The number of rotatable bonds is 0. The molecule has 0 radical (unpaired) electrons. The second-order valence-electron chi connectivity index (χ2n) is 2.02. The van der Waals surface area contributed by atoms with E-state index in [4.69, 9.17) is 23.2 Å². The molecule has 68 valence electrons. The Kier molecular flexibility index (Phi) is 5.27. The van der Waals surface area contributed by atoms with Crippen molar-refractivity contribution in [1.29, 1.82) is 0 Å². The van der Waals surface area contributed by atoms with Crippen LogP contribution in [0.2, 0.25) is 10.0 Å². The lowest BCUT2D eigenvalue weighted by atomic mass is 10.2. The van der Waals surface area contributed by atoms with Crippen molar-refractivity contribution in [2.45, 2.75) is 20.8 Å². The van der Waals surface area contributed by atoms with Crippen molar-refractivity contribution in [2.24, 2.45) is 0 Å². The summed E-state index contributed by atoms with van der Waals surface area (Å²) in [5.74, 6) is -0.427. The van der Waals surface area contributed by atoms with Crippen LogP contribution in [0.3, 0.4) is 0 Å². The van der Waals surface area contributed by atoms with Crippen molar-refractivity contribution in [3.8, 4) is 0 Å². The van der Waals surface area contributed by atoms with Crippen LogP contribution in [0.4, 0.5) is 4.39 Å². The van der Waals surface area contributed by atoms with Crippen LogP contribution in [0, 0.1) is 12.7 Å². The molecule has 0 heterocycles. The number of aryl methyl sites for hydroxylation is 1. The van der Waals surface area contributed by atoms with E-state index in [9.17, 15) is 4.39 Å². The van der Waals surface area contributed by atoms with Gasteiger partial charge in [0.25, 0.3) is 0 Å². The van der Waals surface area contributed by atoms with Gasteiger partial charge in [0, 0.05) is 5.02 Å². The van der Waals surface area contributed by atoms with Crippen LogP contribution in [0.25, 0.3) is 0 Å². The molecule has 0 atom stereocenters. The summed E-state index contributed by atoms with van der Waals surface area (Å²) in [4.78, 5) is 0. The average molecular weight is 209 g/mol. The molecule has 0 aliphatic carbocycles. The lowest BCUT2D eigenvalue weighted by Gasteiger charge is -1.98. The Labute approximate surface area is 82.3 Å². The summed E-state index contributed by atoms with van der Waals surface area (Å²) in [6.45, 7) is 5.72. The van der Waals surface area contributed by atoms with E-state index in [-0.39, 0.29) is 5.02 Å². The van der Waals surface area contributed by atoms with Crippen molar-refractivity contribution in [1.82, 2.24) is 0 Å². The van der Waals surface area contributed by atoms with Gasteiger partial charge in [-0.25, -0.2) is 4.39 Å². The molecule has 0 fully saturated rings. The summed E-state index contributed by atoms with van der Waals surface area (Å²) in [7, 11) is 0. The molecule has 1 rings (SSSR count). The van der Waals surface area contributed by atoms with Gasteiger partial charge in [0.05, 0.1) is 5.02 Å². The van der Waals surface area contributed by atoms with Gasteiger partial charge in [0.15, 0.2) is 0 Å². The highest BCUT2D eigenvalue weighted by atomic mass is 35.5. The molecule has 0 N–H and O–H groups in total. The summed E-state index contributed by atoms with van der Waals surface area (Å²) < 4.78 is 12.6. The van der Waals surface area contributed by atoms with E-state index in [1.807, 2.05) is 13.8 Å². The van der Waals surface area contributed by atoms with Crippen molar-refractivity contribution in [3.63, 3.8) is 0 Å². The number of halogens is 3. The smallest absolute Gasteiger partial charge is 0.142 e. The van der Waals surface area contributed by atoms with E-state index in [2.05, 4.69) is 0 Å². The minimum Gasteiger partial charge on any atom is -0.205 e. The van der Waals surface area contributed by atoms with E-state index in [1.54, 1.807) is 6.92 Å². The van der Waals surface area contributed by atoms with E-state index in [0.717, 1.165) is 0 Å². The van der Waals surface area contributed by atoms with Gasteiger partial charge in [-0.05, 0) is 24.6 Å². The SMILES string of the molecule is CC.Cc1cc(F)c(Cl)cc1Cl. The molecule has 1 aromatic carbocycles. The Balaban J connectivity index is 0.000000561. The molecule has 0 amide bonds. The van der Waals surface area contributed by atoms with Gasteiger partial charge < -0.3 is 0 Å². The first-order valence-electron chi connectivity index (χ1n) is 3.72. The fourth-order valence-corrected chi connectivity index (χ4v) is 1.01. The second kappa shape index (κ2) is 5.39. The molecule has 0 aromatic heterocycles. The topological polar surface area (TPSA) is 0 Å². The number of benzene rings is 1. The fourth-order valence-electron chi connectivity index (χ4n) is 0.622. The van der Waals surface area contributed by atoms with Crippen LogP contribution in [0.5, 0.6) is 0 Å². The monoisotopic (exact) mass is 208 g/mol. The summed E-state index contributed by atoms with van der Waals surface area (Å²) >= 11 is 11.1. The first-order valence-corrected chi connectivity index (χ1v) is 4.48. The minimum absolute atomic E-state index is 0.0654. The maximum absolute atomic E-state index is 12.6. The van der Waals surface area contributed by atoms with E-state index in [0.29, 0.717) is 10.6 Å². The second-order valence-corrected chi connectivity index (χ2v) is 2.83. The summed E-state index contributed by atoms with van der Waals surface area (Å²) in [5, 5.41) is 0.557. The zero-order valence-electron chi connectivity index (χ0n) is 7.29. The first-order chi connectivity index (χ1) is 5.61. The highest BCUT2D eigenvalue weighted by molar-refractivity contribution is 6.35. The zero-order valence-corrected chi connectivity index (χ0v) is 8.80. The third kappa shape index (κ3) is 3.00. The van der Waals surface area contributed by atoms with E-state index < -0.39 is 5.82 Å². The van der Waals surface area contributed by atoms with Crippen LogP contribution < -0.4 is 0 Å². The molecule has 0 spiro atoms. The summed E-state index contributed by atoms with van der Waals surface area (Å²) in [6, 6.07) is 2.71. The molecule has 3 heteroatoms. The third-order valence-corrected chi connectivity index (χ3v) is 1.90. The Bertz CT molecular complexity index is 209. The van der Waals surface area contributed by atoms with Crippen molar-refractivity contribution in [2.75, 3.05) is 0 Å². The zero-order chi connectivity index (χ0) is 9.72. The summed E-state index contributed by atoms with van der Waals surface area (Å²) in [6.07, 6.45) is 0. The standard InChI is InChI=1S/C7H5Cl2F.C2H6/c1-4-2-7(10)6(9)3-5(4)8;1-2/h2-3H,1H3;1-2H3. The van der Waals surface area contributed by atoms with Crippen molar-refractivity contribution < 1.29 is 4.39 Å². The number of hydrogen-bond acceptors (Lipinski definition) is 0. The first kappa shape index (κ1) is 11.7. The molecule has 0 aliphatic rings. The van der Waals surface area contributed by atoms with Gasteiger partial charge in [-0.1, -0.05) is 37.0 Å². The Morgan fingerprint density at radius 3 is 2.00 bits per heavy atom. The lowest BCUT2D eigenvalue weighted by Crippen LogP contribution is -1.80. The molecule has 12 heavy (non-hydrogen) atoms. The maximum Gasteiger partial charge on any atom is 0.142 e. The molecular weight excluding hydrogens is 198 g/mol. The van der Waals surface area contributed by atoms with Gasteiger partial charge in [-0.15, -0.1) is 0 Å². The van der Waals surface area contributed by atoms with Gasteiger partial charge in [0.1, 0.15) is 5.82 Å². The number of hydrogen-bond donors (Lipinski definition) is 0. The van der Waals surface area contributed by atoms with E-state index >= 15 is 0 Å². The van der Waals surface area contributed by atoms with Crippen LogP contribution in [-0.4, -0.2) is 0 Å². The van der Waals surface area contributed by atoms with Gasteiger partial charge in [-0.2, -0.15) is 0 Å². The van der Waals surface area contributed by atoms with Crippen LogP contribution >= 0.6 is 23.2 Å². The lowest BCUT2D eigenvalue weighted by molar-refractivity contribution is 0.627. The molecule has 0 nitrogen and oxygen atoms in total. The Morgan fingerprint density at radius 1 is 1.08 bits per heavy atom. The Hall–Kier alpha value is -0.270. The quantitative estimate of drug-likeness (QED) is 0.553. The largest absolute Gasteiger partial charge is 0.205 e. The van der Waals surface area contributed by atoms with Gasteiger partial charge in [0.2, 0.25) is 0 Å². The van der Waals surface area contributed by atoms with Crippen LogP contribution in [0.15, 0.2) is 12.1 Å². The molecular formula is C9H11Cl2F. The fraction of sp³-hybridized carbons (Fsp3) is 0.333. The highest BCUT2D eigenvalue weighted by Crippen LogP contribution is 2.22.